The monoisotopic (exact) mass is 542 g/mol. The molecule has 2 heterocycles. The zero-order chi connectivity index (χ0) is 26.7. The minimum absolute atomic E-state index is 0.130. The third-order valence-corrected chi connectivity index (χ3v) is 6.79. The number of hydrogen-bond donors (Lipinski definition) is 5. The van der Waals surface area contributed by atoms with E-state index < -0.39 is 34.3 Å². The molecule has 0 bridgehead atoms. The minimum Gasteiger partial charge on any atom is -0.494 e. The van der Waals surface area contributed by atoms with Gasteiger partial charge in [0, 0.05) is 36.9 Å². The Hall–Kier alpha value is -4.03. The highest BCUT2D eigenvalue weighted by molar-refractivity contribution is 8.15. The fraction of sp³-hybridized carbons (Fsp3) is 0.208. The highest BCUT2D eigenvalue weighted by Gasteiger charge is 2.34. The van der Waals surface area contributed by atoms with Crippen LogP contribution in [-0.4, -0.2) is 51.4 Å². The molecule has 1 saturated heterocycles. The van der Waals surface area contributed by atoms with E-state index in [0.29, 0.717) is 16.3 Å². The van der Waals surface area contributed by atoms with Crippen molar-refractivity contribution in [1.29, 1.82) is 0 Å². The number of amidine groups is 1. The highest BCUT2D eigenvalue weighted by atomic mass is 35.5. The van der Waals surface area contributed by atoms with Gasteiger partial charge in [-0.15, -0.1) is 0 Å². The van der Waals surface area contributed by atoms with Gasteiger partial charge in [0.2, 0.25) is 17.7 Å². The van der Waals surface area contributed by atoms with Crippen molar-refractivity contribution in [1.82, 2.24) is 15.3 Å². The van der Waals surface area contributed by atoms with Crippen LogP contribution in [0.2, 0.25) is 5.02 Å². The molecule has 1 fully saturated rings. The number of anilines is 2. The second-order valence-electron chi connectivity index (χ2n) is 8.35. The van der Waals surface area contributed by atoms with Crippen LogP contribution >= 0.6 is 23.4 Å². The van der Waals surface area contributed by atoms with Crippen LogP contribution in [0.1, 0.15) is 23.6 Å². The van der Waals surface area contributed by atoms with E-state index in [4.69, 9.17) is 11.6 Å². The summed E-state index contributed by atoms with van der Waals surface area (Å²) in [5.74, 6) is -1.44. The number of nitrogens with zero attached hydrogens (tertiary/aromatic N) is 2. The van der Waals surface area contributed by atoms with Gasteiger partial charge in [-0.2, -0.15) is 0 Å². The summed E-state index contributed by atoms with van der Waals surface area (Å²) in [6, 6.07) is 12.7. The summed E-state index contributed by atoms with van der Waals surface area (Å²) in [4.78, 5) is 60.0. The van der Waals surface area contributed by atoms with Crippen molar-refractivity contribution >= 4 is 51.7 Å². The van der Waals surface area contributed by atoms with Gasteiger partial charge in [-0.3, -0.25) is 24.4 Å². The number of aromatic hydroxyl groups is 1. The van der Waals surface area contributed by atoms with E-state index in [-0.39, 0.29) is 23.1 Å². The summed E-state index contributed by atoms with van der Waals surface area (Å²) in [6.07, 6.45) is -0.130. The van der Waals surface area contributed by atoms with Gasteiger partial charge in [-0.1, -0.05) is 41.6 Å². The molecule has 3 aromatic rings. The van der Waals surface area contributed by atoms with E-state index in [0.717, 1.165) is 17.4 Å². The molecule has 11 nitrogen and oxygen atoms in total. The molecule has 37 heavy (non-hydrogen) atoms. The summed E-state index contributed by atoms with van der Waals surface area (Å²) in [7, 11) is 3.75. The molecular formula is C24H23ClN6O5S. The Kier molecular flexibility index (Phi) is 7.69. The smallest absolute Gasteiger partial charge is 0.328 e. The van der Waals surface area contributed by atoms with Crippen LogP contribution in [0.4, 0.5) is 11.4 Å². The van der Waals surface area contributed by atoms with Gasteiger partial charge >= 0.3 is 5.69 Å². The lowest BCUT2D eigenvalue weighted by molar-refractivity contribution is -0.122. The summed E-state index contributed by atoms with van der Waals surface area (Å²) in [5.41, 5.74) is 0.0477. The van der Waals surface area contributed by atoms with E-state index in [2.05, 4.69) is 25.6 Å². The summed E-state index contributed by atoms with van der Waals surface area (Å²) in [6.45, 7) is 0. The number of halogens is 1. The molecule has 2 atom stereocenters. The largest absolute Gasteiger partial charge is 0.494 e. The number of rotatable bonds is 7. The van der Waals surface area contributed by atoms with Gasteiger partial charge in [-0.25, -0.2) is 9.79 Å². The standard InChI is InChI=1S/C24H23ClN6O5S/c1-31(2)15-8-6-12(7-9-15)19(18-21(34)28-23(36)29-22(18)35)27-24-30-20(33)16(37-24)11-17(32)26-14-5-3-4-13(25)10-14/h3-10,16,19H,11H2,1-2H3,(H,26,32)(H,27,30,33)(H3,28,29,34,35,36)/t16-,19+/m1/s1. The second-order valence-corrected chi connectivity index (χ2v) is 9.98. The first-order valence-electron chi connectivity index (χ1n) is 11.0. The second kappa shape index (κ2) is 10.9. The average Bonchev–Trinajstić information content (AvgIpc) is 3.16. The van der Waals surface area contributed by atoms with Crippen LogP contribution in [-0.2, 0) is 9.59 Å². The number of aromatic nitrogens is 2. The third kappa shape index (κ3) is 6.22. The Morgan fingerprint density at radius 1 is 1.16 bits per heavy atom. The minimum atomic E-state index is -1.06. The molecule has 1 aliphatic rings. The number of carbonyl (C=O) groups excluding carboxylic acids is 2. The Morgan fingerprint density at radius 3 is 2.54 bits per heavy atom. The maximum absolute atomic E-state index is 12.6. The molecule has 4 rings (SSSR count). The predicted octanol–water partition coefficient (Wildman–Crippen LogP) is 2.19. The van der Waals surface area contributed by atoms with Crippen molar-refractivity contribution in [2.24, 2.45) is 4.99 Å². The fourth-order valence-electron chi connectivity index (χ4n) is 3.66. The van der Waals surface area contributed by atoms with Crippen LogP contribution in [0.25, 0.3) is 0 Å². The van der Waals surface area contributed by atoms with Gasteiger partial charge in [0.15, 0.2) is 5.17 Å². The van der Waals surface area contributed by atoms with Gasteiger partial charge < -0.3 is 20.6 Å². The Bertz CT molecular complexity index is 1480. The maximum atomic E-state index is 12.6. The molecule has 2 aromatic carbocycles. The number of nitrogens with one attached hydrogen (secondary N) is 4. The van der Waals surface area contributed by atoms with E-state index in [9.17, 15) is 24.3 Å². The Morgan fingerprint density at radius 2 is 1.89 bits per heavy atom. The van der Waals surface area contributed by atoms with Crippen LogP contribution in [0, 0.1) is 0 Å². The van der Waals surface area contributed by atoms with Crippen molar-refractivity contribution < 1.29 is 14.7 Å². The number of benzene rings is 2. The van der Waals surface area contributed by atoms with E-state index in [1.807, 2.05) is 31.1 Å². The topological polar surface area (TPSA) is 160 Å². The first kappa shape index (κ1) is 26.0. The van der Waals surface area contributed by atoms with Crippen LogP contribution in [0.15, 0.2) is 63.1 Å². The number of carbonyl (C=O) groups is 2. The van der Waals surface area contributed by atoms with E-state index in [1.54, 1.807) is 36.4 Å². The Labute approximate surface area is 220 Å². The number of aromatic amines is 2. The molecule has 0 radical (unpaired) electrons. The molecule has 0 aliphatic carbocycles. The molecule has 5 N–H and O–H groups in total. The van der Waals surface area contributed by atoms with Crippen LogP contribution < -0.4 is 26.8 Å². The third-order valence-electron chi connectivity index (χ3n) is 5.46. The molecule has 13 heteroatoms. The molecule has 0 unspecified atom stereocenters. The number of H-pyrrole nitrogens is 2. The molecule has 1 aromatic heterocycles. The molecule has 2 amide bonds. The van der Waals surface area contributed by atoms with Crippen molar-refractivity contribution in [3.05, 3.63) is 85.5 Å². The predicted molar refractivity (Wildman–Crippen MR) is 144 cm³/mol. The fourth-order valence-corrected chi connectivity index (χ4v) is 4.85. The molecule has 1 aliphatic heterocycles. The molecule has 0 spiro atoms. The number of thioether (sulfide) groups is 1. The number of aliphatic imine (C=N–C) groups is 1. The molecule has 192 valence electrons. The van der Waals surface area contributed by atoms with Crippen molar-refractivity contribution in [2.75, 3.05) is 24.3 Å². The van der Waals surface area contributed by atoms with Crippen molar-refractivity contribution in [3.8, 4) is 5.88 Å². The zero-order valence-electron chi connectivity index (χ0n) is 19.7. The normalized spacial score (nSPS) is 16.9. The molecule has 0 saturated carbocycles. The SMILES string of the molecule is CN(C)c1ccc([C@H](N=C2NC(=O)[C@@H](CC(=O)Nc3cccc(Cl)c3)S2)c2c(O)[nH]c(=O)[nH]c2=O)cc1. The lowest BCUT2D eigenvalue weighted by atomic mass is 10.0. The van der Waals surface area contributed by atoms with E-state index in [1.165, 1.54) is 0 Å². The summed E-state index contributed by atoms with van der Waals surface area (Å²) < 4.78 is 0. The van der Waals surface area contributed by atoms with Gasteiger partial charge in [-0.05, 0) is 35.9 Å². The zero-order valence-corrected chi connectivity index (χ0v) is 21.3. The lowest BCUT2D eigenvalue weighted by Gasteiger charge is -2.17. The number of amides is 2. The van der Waals surface area contributed by atoms with Gasteiger partial charge in [0.05, 0.1) is 0 Å². The average molecular weight is 543 g/mol. The lowest BCUT2D eigenvalue weighted by Crippen LogP contribution is -2.29. The Balaban J connectivity index is 1.61. The van der Waals surface area contributed by atoms with Gasteiger partial charge in [0.1, 0.15) is 16.9 Å². The quantitative estimate of drug-likeness (QED) is 0.306. The first-order chi connectivity index (χ1) is 17.6. The highest BCUT2D eigenvalue weighted by Crippen LogP contribution is 2.32. The van der Waals surface area contributed by atoms with Crippen LogP contribution in [0.5, 0.6) is 5.88 Å². The summed E-state index contributed by atoms with van der Waals surface area (Å²) in [5, 5.41) is 15.6. The number of hydrogen-bond acceptors (Lipinski definition) is 8. The van der Waals surface area contributed by atoms with Crippen molar-refractivity contribution in [3.63, 3.8) is 0 Å². The summed E-state index contributed by atoms with van der Waals surface area (Å²) >= 11 is 6.98. The van der Waals surface area contributed by atoms with Gasteiger partial charge in [0.25, 0.3) is 5.56 Å². The van der Waals surface area contributed by atoms with E-state index >= 15 is 0 Å². The first-order valence-corrected chi connectivity index (χ1v) is 12.3. The maximum Gasteiger partial charge on any atom is 0.328 e. The molecular weight excluding hydrogens is 520 g/mol. The van der Waals surface area contributed by atoms with Crippen molar-refractivity contribution in [2.45, 2.75) is 17.7 Å². The van der Waals surface area contributed by atoms with Crippen LogP contribution in [0.3, 0.4) is 0 Å².